The number of fused-ring (bicyclic) bond motifs is 1. The first-order valence-electron chi connectivity index (χ1n) is 8.40. The topological polar surface area (TPSA) is 55.4 Å². The van der Waals surface area contributed by atoms with Crippen LogP contribution < -0.4 is 5.56 Å². The summed E-state index contributed by atoms with van der Waals surface area (Å²) < 4.78 is 3.60. The highest BCUT2D eigenvalue weighted by Crippen LogP contribution is 2.21. The van der Waals surface area contributed by atoms with Gasteiger partial charge in [-0.05, 0) is 44.0 Å². The number of pyridine rings is 1. The number of hydrogen-bond acceptors (Lipinski definition) is 4. The lowest BCUT2D eigenvalue weighted by Gasteiger charge is -2.24. The summed E-state index contributed by atoms with van der Waals surface area (Å²) in [7, 11) is 0. The first kappa shape index (κ1) is 15.1. The van der Waals surface area contributed by atoms with Crippen LogP contribution in [0.4, 0.5) is 0 Å². The molecule has 1 aliphatic rings. The van der Waals surface area contributed by atoms with Crippen LogP contribution >= 0.6 is 0 Å². The molecule has 0 bridgehead atoms. The number of likely N-dealkylation sites (tertiary alicyclic amines) is 1. The van der Waals surface area contributed by atoms with Gasteiger partial charge in [0.2, 0.25) is 0 Å². The van der Waals surface area contributed by atoms with E-state index in [0.717, 1.165) is 36.4 Å². The van der Waals surface area contributed by atoms with E-state index in [1.165, 1.54) is 6.42 Å². The van der Waals surface area contributed by atoms with Crippen molar-refractivity contribution in [3.8, 4) is 0 Å². The van der Waals surface area contributed by atoms with Crippen LogP contribution in [0.3, 0.4) is 0 Å². The van der Waals surface area contributed by atoms with Gasteiger partial charge in [-0.2, -0.15) is 5.10 Å². The zero-order valence-corrected chi connectivity index (χ0v) is 13.8. The predicted octanol–water partition coefficient (Wildman–Crippen LogP) is 1.86. The van der Waals surface area contributed by atoms with Gasteiger partial charge in [-0.25, -0.2) is 4.98 Å². The number of rotatable bonds is 4. The maximum absolute atomic E-state index is 12.4. The minimum absolute atomic E-state index is 0.0125. The SMILES string of the molecule is Cc1cccn2c(=O)cc(CN3CCC[C@H]3Cn3cccn3)nc12. The highest BCUT2D eigenvalue weighted by molar-refractivity contribution is 5.46. The van der Waals surface area contributed by atoms with Crippen molar-refractivity contribution in [1.29, 1.82) is 0 Å². The number of hydrogen-bond donors (Lipinski definition) is 0. The maximum atomic E-state index is 12.4. The molecule has 6 heteroatoms. The van der Waals surface area contributed by atoms with Crippen LogP contribution in [0.15, 0.2) is 47.7 Å². The number of aryl methyl sites for hydroxylation is 1. The molecular weight excluding hydrogens is 302 g/mol. The Bertz CT molecular complexity index is 899. The van der Waals surface area contributed by atoms with Crippen molar-refractivity contribution in [1.82, 2.24) is 24.1 Å². The largest absolute Gasteiger partial charge is 0.293 e. The third-order valence-corrected chi connectivity index (χ3v) is 4.76. The van der Waals surface area contributed by atoms with Gasteiger partial charge < -0.3 is 0 Å². The fourth-order valence-electron chi connectivity index (χ4n) is 3.53. The van der Waals surface area contributed by atoms with Gasteiger partial charge in [0, 0.05) is 37.2 Å². The van der Waals surface area contributed by atoms with Gasteiger partial charge in [0.25, 0.3) is 5.56 Å². The van der Waals surface area contributed by atoms with E-state index in [1.807, 2.05) is 42.2 Å². The summed E-state index contributed by atoms with van der Waals surface area (Å²) in [6, 6.07) is 7.93. The number of nitrogens with zero attached hydrogens (tertiary/aromatic N) is 5. The molecule has 0 aromatic carbocycles. The van der Waals surface area contributed by atoms with Crippen molar-refractivity contribution in [3.05, 3.63) is 64.5 Å². The number of aromatic nitrogens is 4. The van der Waals surface area contributed by atoms with Crippen LogP contribution in [0.2, 0.25) is 0 Å². The Balaban J connectivity index is 1.59. The molecule has 1 aliphatic heterocycles. The molecule has 0 saturated carbocycles. The Kier molecular flexibility index (Phi) is 3.90. The van der Waals surface area contributed by atoms with Crippen molar-refractivity contribution >= 4 is 5.65 Å². The van der Waals surface area contributed by atoms with Gasteiger partial charge in [-0.3, -0.25) is 18.8 Å². The molecular formula is C18H21N5O. The Hall–Kier alpha value is -2.47. The molecule has 1 saturated heterocycles. The molecule has 1 fully saturated rings. The smallest absolute Gasteiger partial charge is 0.258 e. The molecule has 0 amide bonds. The van der Waals surface area contributed by atoms with E-state index in [9.17, 15) is 4.79 Å². The van der Waals surface area contributed by atoms with Crippen LogP contribution in [0.25, 0.3) is 5.65 Å². The summed E-state index contributed by atoms with van der Waals surface area (Å²) >= 11 is 0. The predicted molar refractivity (Wildman–Crippen MR) is 91.9 cm³/mol. The molecule has 4 heterocycles. The highest BCUT2D eigenvalue weighted by atomic mass is 16.1. The quantitative estimate of drug-likeness (QED) is 0.735. The molecule has 3 aromatic rings. The minimum atomic E-state index is -0.0125. The molecule has 4 rings (SSSR count). The van der Waals surface area contributed by atoms with Gasteiger partial charge in [0.15, 0.2) is 0 Å². The normalized spacial score (nSPS) is 18.5. The van der Waals surface area contributed by atoms with Gasteiger partial charge in [0.1, 0.15) is 5.65 Å². The molecule has 0 unspecified atom stereocenters. The fourth-order valence-corrected chi connectivity index (χ4v) is 3.53. The third-order valence-electron chi connectivity index (χ3n) is 4.76. The molecule has 124 valence electrons. The summed E-state index contributed by atoms with van der Waals surface area (Å²) in [4.78, 5) is 19.5. The first-order valence-corrected chi connectivity index (χ1v) is 8.40. The molecule has 0 spiro atoms. The van der Waals surface area contributed by atoms with Crippen molar-refractivity contribution in [2.24, 2.45) is 0 Å². The first-order chi connectivity index (χ1) is 11.7. The molecule has 1 atom stereocenters. The fraction of sp³-hybridized carbons (Fsp3) is 0.389. The lowest BCUT2D eigenvalue weighted by molar-refractivity contribution is 0.217. The Morgan fingerprint density at radius 1 is 1.29 bits per heavy atom. The molecule has 0 N–H and O–H groups in total. The van der Waals surface area contributed by atoms with Crippen molar-refractivity contribution in [2.45, 2.75) is 38.9 Å². The van der Waals surface area contributed by atoms with Crippen LogP contribution in [-0.4, -0.2) is 36.7 Å². The van der Waals surface area contributed by atoms with Crippen LogP contribution in [0, 0.1) is 6.92 Å². The Labute approximate surface area is 140 Å². The Morgan fingerprint density at radius 3 is 3.04 bits per heavy atom. The van der Waals surface area contributed by atoms with E-state index in [2.05, 4.69) is 10.00 Å². The molecule has 24 heavy (non-hydrogen) atoms. The van der Waals surface area contributed by atoms with Crippen molar-refractivity contribution in [2.75, 3.05) is 6.54 Å². The lowest BCUT2D eigenvalue weighted by atomic mass is 10.2. The van der Waals surface area contributed by atoms with E-state index in [0.29, 0.717) is 12.6 Å². The molecule has 0 aliphatic carbocycles. The van der Waals surface area contributed by atoms with Crippen molar-refractivity contribution < 1.29 is 0 Å². The summed E-state index contributed by atoms with van der Waals surface area (Å²) in [5.74, 6) is 0. The van der Waals surface area contributed by atoms with Gasteiger partial charge >= 0.3 is 0 Å². The summed E-state index contributed by atoms with van der Waals surface area (Å²) in [5.41, 5.74) is 2.61. The van der Waals surface area contributed by atoms with E-state index in [4.69, 9.17) is 4.98 Å². The van der Waals surface area contributed by atoms with Gasteiger partial charge in [-0.15, -0.1) is 0 Å². The second kappa shape index (κ2) is 6.20. The molecule has 0 radical (unpaired) electrons. The van der Waals surface area contributed by atoms with E-state index >= 15 is 0 Å². The van der Waals surface area contributed by atoms with E-state index < -0.39 is 0 Å². The van der Waals surface area contributed by atoms with Crippen LogP contribution in [0.5, 0.6) is 0 Å². The van der Waals surface area contributed by atoms with Gasteiger partial charge in [0.05, 0.1) is 12.2 Å². The van der Waals surface area contributed by atoms with E-state index in [-0.39, 0.29) is 5.56 Å². The molecule has 3 aromatic heterocycles. The summed E-state index contributed by atoms with van der Waals surface area (Å²) in [6.07, 6.45) is 7.93. The zero-order chi connectivity index (χ0) is 16.5. The Morgan fingerprint density at radius 2 is 2.21 bits per heavy atom. The standard InChI is InChI=1S/C18H21N5O/c1-14-5-2-10-23-17(24)11-15(20-18(14)23)12-21-8-3-6-16(21)13-22-9-4-7-19-22/h2,4-5,7,9-11,16H,3,6,8,12-13H2,1H3/t16-/m0/s1. The van der Waals surface area contributed by atoms with Gasteiger partial charge in [-0.1, -0.05) is 6.07 Å². The second-order valence-corrected chi connectivity index (χ2v) is 6.47. The average Bonchev–Trinajstić information content (AvgIpc) is 3.22. The zero-order valence-electron chi connectivity index (χ0n) is 13.8. The molecule has 6 nitrogen and oxygen atoms in total. The summed E-state index contributed by atoms with van der Waals surface area (Å²) in [6.45, 7) is 4.63. The van der Waals surface area contributed by atoms with Crippen molar-refractivity contribution in [3.63, 3.8) is 0 Å². The second-order valence-electron chi connectivity index (χ2n) is 6.47. The lowest BCUT2D eigenvalue weighted by Crippen LogP contribution is -2.33. The van der Waals surface area contributed by atoms with Crippen LogP contribution in [0.1, 0.15) is 24.1 Å². The highest BCUT2D eigenvalue weighted by Gasteiger charge is 2.25. The maximum Gasteiger partial charge on any atom is 0.258 e. The monoisotopic (exact) mass is 323 g/mol. The third kappa shape index (κ3) is 2.85. The van der Waals surface area contributed by atoms with E-state index in [1.54, 1.807) is 16.7 Å². The average molecular weight is 323 g/mol. The summed E-state index contributed by atoms with van der Waals surface area (Å²) in [5, 5.41) is 4.31. The van der Waals surface area contributed by atoms with Crippen LogP contribution in [-0.2, 0) is 13.1 Å². The minimum Gasteiger partial charge on any atom is -0.293 e.